The van der Waals surface area contributed by atoms with Crippen LogP contribution >= 0.6 is 11.3 Å². The van der Waals surface area contributed by atoms with E-state index >= 15 is 0 Å². The third-order valence-electron chi connectivity index (χ3n) is 3.02. The molecule has 0 aromatic carbocycles. The van der Waals surface area contributed by atoms with E-state index in [0.29, 0.717) is 10.8 Å². The molecule has 1 fully saturated rings. The topological polar surface area (TPSA) is 80.9 Å². The van der Waals surface area contributed by atoms with Crippen LogP contribution in [-0.4, -0.2) is 22.4 Å². The zero-order valence-electron chi connectivity index (χ0n) is 10.3. The van der Waals surface area contributed by atoms with Crippen LogP contribution in [-0.2, 0) is 0 Å². The van der Waals surface area contributed by atoms with Gasteiger partial charge in [0.15, 0.2) is 0 Å². The highest BCUT2D eigenvalue weighted by molar-refractivity contribution is 7.17. The van der Waals surface area contributed by atoms with E-state index in [0.717, 1.165) is 17.1 Å². The Morgan fingerprint density at radius 3 is 3.05 bits per heavy atom. The van der Waals surface area contributed by atoms with Gasteiger partial charge in [-0.2, -0.15) is 0 Å². The molecule has 0 saturated heterocycles. The van der Waals surface area contributed by atoms with Gasteiger partial charge in [-0.15, -0.1) is 11.3 Å². The lowest BCUT2D eigenvalue weighted by atomic mass is 10.3. The third-order valence-corrected chi connectivity index (χ3v) is 4.14. The van der Waals surface area contributed by atoms with Gasteiger partial charge in [0.05, 0.1) is 0 Å². The molecule has 6 heteroatoms. The molecule has 1 aliphatic rings. The fraction of sp³-hybridized carbons (Fsp3) is 0.308. The second-order valence-corrected chi connectivity index (χ2v) is 5.63. The van der Waals surface area contributed by atoms with Crippen molar-refractivity contribution < 1.29 is 4.79 Å². The average Bonchev–Trinajstić information content (AvgIpc) is 3.18. The Bertz CT molecular complexity index is 592. The van der Waals surface area contributed by atoms with Crippen LogP contribution in [0.1, 0.15) is 22.5 Å². The van der Waals surface area contributed by atoms with E-state index in [1.807, 2.05) is 12.1 Å². The standard InChI is InChI=1S/C13H14N4OS/c14-11-10(12(18)16-6-8-3-4-8)19-13(17-11)9-2-1-5-15-7-9/h1-2,5,7-8H,3-4,6,14H2,(H,16,18). The summed E-state index contributed by atoms with van der Waals surface area (Å²) >= 11 is 1.30. The van der Waals surface area contributed by atoms with Crippen molar-refractivity contribution in [3.05, 3.63) is 29.4 Å². The van der Waals surface area contributed by atoms with Crippen LogP contribution in [0, 0.1) is 5.92 Å². The summed E-state index contributed by atoms with van der Waals surface area (Å²) in [6, 6.07) is 3.73. The van der Waals surface area contributed by atoms with Gasteiger partial charge in [-0.3, -0.25) is 9.78 Å². The van der Waals surface area contributed by atoms with Crippen molar-refractivity contribution >= 4 is 23.1 Å². The first-order chi connectivity index (χ1) is 9.24. The Labute approximate surface area is 114 Å². The number of carbonyl (C=O) groups excluding carboxylic acids is 1. The number of nitrogens with two attached hydrogens (primary N) is 1. The molecule has 19 heavy (non-hydrogen) atoms. The van der Waals surface area contributed by atoms with E-state index in [2.05, 4.69) is 15.3 Å². The van der Waals surface area contributed by atoms with Crippen molar-refractivity contribution in [2.24, 2.45) is 5.92 Å². The van der Waals surface area contributed by atoms with E-state index in [4.69, 9.17) is 5.73 Å². The molecule has 0 spiro atoms. The molecule has 1 amide bonds. The molecule has 98 valence electrons. The highest BCUT2D eigenvalue weighted by atomic mass is 32.1. The van der Waals surface area contributed by atoms with Gasteiger partial charge in [-0.1, -0.05) is 0 Å². The highest BCUT2D eigenvalue weighted by Gasteiger charge is 2.23. The quantitative estimate of drug-likeness (QED) is 0.892. The lowest BCUT2D eigenvalue weighted by Crippen LogP contribution is -2.25. The predicted octanol–water partition coefficient (Wildman–Crippen LogP) is 1.93. The van der Waals surface area contributed by atoms with Gasteiger partial charge in [-0.05, 0) is 30.9 Å². The molecule has 0 radical (unpaired) electrons. The number of aromatic nitrogens is 2. The molecule has 2 aromatic rings. The fourth-order valence-electron chi connectivity index (χ4n) is 1.75. The minimum absolute atomic E-state index is 0.128. The number of carbonyl (C=O) groups is 1. The first-order valence-electron chi connectivity index (χ1n) is 6.19. The number of anilines is 1. The monoisotopic (exact) mass is 274 g/mol. The van der Waals surface area contributed by atoms with Gasteiger partial charge in [0.25, 0.3) is 5.91 Å². The Morgan fingerprint density at radius 1 is 1.53 bits per heavy atom. The van der Waals surface area contributed by atoms with Crippen LogP contribution in [0.5, 0.6) is 0 Å². The summed E-state index contributed by atoms with van der Waals surface area (Å²) in [6.07, 6.45) is 5.83. The predicted molar refractivity (Wildman–Crippen MR) is 74.8 cm³/mol. The number of nitrogens with zero attached hydrogens (tertiary/aromatic N) is 2. The molecule has 2 aromatic heterocycles. The van der Waals surface area contributed by atoms with Gasteiger partial charge in [0.1, 0.15) is 15.7 Å². The lowest BCUT2D eigenvalue weighted by molar-refractivity contribution is 0.0956. The number of hydrogen-bond acceptors (Lipinski definition) is 5. The number of thiazole rings is 1. The van der Waals surface area contributed by atoms with Crippen LogP contribution in [0.25, 0.3) is 10.6 Å². The highest BCUT2D eigenvalue weighted by Crippen LogP contribution is 2.30. The molecule has 3 rings (SSSR count). The molecular weight excluding hydrogens is 260 g/mol. The van der Waals surface area contributed by atoms with Crippen molar-refractivity contribution in [3.8, 4) is 10.6 Å². The second-order valence-electron chi connectivity index (χ2n) is 4.63. The smallest absolute Gasteiger partial charge is 0.265 e. The van der Waals surface area contributed by atoms with E-state index in [1.165, 1.54) is 24.2 Å². The number of rotatable bonds is 4. The maximum Gasteiger partial charge on any atom is 0.265 e. The number of hydrogen-bond donors (Lipinski definition) is 2. The second kappa shape index (κ2) is 4.97. The Kier molecular flexibility index (Phi) is 3.16. The molecule has 1 aliphatic carbocycles. The molecule has 0 unspecified atom stereocenters. The molecule has 3 N–H and O–H groups in total. The largest absolute Gasteiger partial charge is 0.382 e. The van der Waals surface area contributed by atoms with Crippen LogP contribution in [0.2, 0.25) is 0 Å². The maximum absolute atomic E-state index is 12.0. The van der Waals surface area contributed by atoms with E-state index in [-0.39, 0.29) is 11.7 Å². The summed E-state index contributed by atoms with van der Waals surface area (Å²) in [5.41, 5.74) is 6.70. The summed E-state index contributed by atoms with van der Waals surface area (Å²) in [7, 11) is 0. The molecule has 5 nitrogen and oxygen atoms in total. The first-order valence-corrected chi connectivity index (χ1v) is 7.00. The minimum Gasteiger partial charge on any atom is -0.382 e. The summed E-state index contributed by atoms with van der Waals surface area (Å²) < 4.78 is 0. The van der Waals surface area contributed by atoms with E-state index < -0.39 is 0 Å². The molecule has 2 heterocycles. The summed E-state index contributed by atoms with van der Waals surface area (Å²) in [5, 5.41) is 3.63. The number of nitrogen functional groups attached to an aromatic ring is 1. The Hall–Kier alpha value is -1.95. The summed E-state index contributed by atoms with van der Waals surface area (Å²) in [6.45, 7) is 0.735. The van der Waals surface area contributed by atoms with Crippen molar-refractivity contribution in [3.63, 3.8) is 0 Å². The van der Waals surface area contributed by atoms with Crippen molar-refractivity contribution in [1.82, 2.24) is 15.3 Å². The van der Waals surface area contributed by atoms with Gasteiger partial charge in [-0.25, -0.2) is 4.98 Å². The number of nitrogens with one attached hydrogen (secondary N) is 1. The van der Waals surface area contributed by atoms with Crippen LogP contribution in [0.4, 0.5) is 5.82 Å². The third kappa shape index (κ3) is 2.73. The minimum atomic E-state index is -0.128. The van der Waals surface area contributed by atoms with Crippen molar-refractivity contribution in [2.45, 2.75) is 12.8 Å². The van der Waals surface area contributed by atoms with Crippen molar-refractivity contribution in [1.29, 1.82) is 0 Å². The van der Waals surface area contributed by atoms with Crippen LogP contribution < -0.4 is 11.1 Å². The van der Waals surface area contributed by atoms with Crippen molar-refractivity contribution in [2.75, 3.05) is 12.3 Å². The molecule has 1 saturated carbocycles. The van der Waals surface area contributed by atoms with E-state index in [9.17, 15) is 4.79 Å². The summed E-state index contributed by atoms with van der Waals surface area (Å²) in [5.74, 6) is 0.810. The van der Waals surface area contributed by atoms with Gasteiger partial charge < -0.3 is 11.1 Å². The maximum atomic E-state index is 12.0. The number of amides is 1. The lowest BCUT2D eigenvalue weighted by Gasteiger charge is -2.01. The van der Waals surface area contributed by atoms with E-state index in [1.54, 1.807) is 12.4 Å². The fourth-order valence-corrected chi connectivity index (χ4v) is 2.64. The number of pyridine rings is 1. The van der Waals surface area contributed by atoms with Gasteiger partial charge in [0, 0.05) is 24.5 Å². The van der Waals surface area contributed by atoms with Gasteiger partial charge >= 0.3 is 0 Å². The normalized spacial score (nSPS) is 14.3. The first kappa shape index (κ1) is 12.1. The van der Waals surface area contributed by atoms with Crippen LogP contribution in [0.15, 0.2) is 24.5 Å². The summed E-state index contributed by atoms with van der Waals surface area (Å²) in [4.78, 5) is 20.8. The molecular formula is C13H14N4OS. The zero-order valence-corrected chi connectivity index (χ0v) is 11.1. The SMILES string of the molecule is Nc1nc(-c2cccnc2)sc1C(=O)NCC1CC1. The average molecular weight is 274 g/mol. The molecule has 0 aliphatic heterocycles. The zero-order chi connectivity index (χ0) is 13.2. The Balaban J connectivity index is 1.78. The van der Waals surface area contributed by atoms with Gasteiger partial charge in [0.2, 0.25) is 0 Å². The Morgan fingerprint density at radius 2 is 2.37 bits per heavy atom. The molecule has 0 atom stereocenters. The van der Waals surface area contributed by atoms with Crippen LogP contribution in [0.3, 0.4) is 0 Å². The molecule has 0 bridgehead atoms.